The maximum Gasteiger partial charge on any atom is 0.243 e. The zero-order chi connectivity index (χ0) is 20.6. The lowest BCUT2D eigenvalue weighted by Crippen LogP contribution is -2.09. The van der Waals surface area contributed by atoms with Crippen molar-refractivity contribution in [3.05, 3.63) is 70.2 Å². The van der Waals surface area contributed by atoms with Gasteiger partial charge in [-0.05, 0) is 46.7 Å². The van der Waals surface area contributed by atoms with Crippen LogP contribution >= 0.6 is 23.2 Å². The van der Waals surface area contributed by atoms with Crippen molar-refractivity contribution in [2.45, 2.75) is 26.6 Å². The monoisotopic (exact) mass is 433 g/mol. The van der Waals surface area contributed by atoms with Gasteiger partial charge in [0.1, 0.15) is 6.61 Å². The topological polar surface area (TPSA) is 74.1 Å². The summed E-state index contributed by atoms with van der Waals surface area (Å²) < 4.78 is 13.3. The van der Waals surface area contributed by atoms with E-state index in [0.717, 1.165) is 11.1 Å². The fraction of sp³-hybridized carbons (Fsp3) is 0.250. The molecule has 29 heavy (non-hydrogen) atoms. The molecule has 1 aromatic heterocycles. The Morgan fingerprint density at radius 3 is 2.62 bits per heavy atom. The van der Waals surface area contributed by atoms with Gasteiger partial charge in [-0.15, -0.1) is 6.58 Å². The van der Waals surface area contributed by atoms with Crippen molar-refractivity contribution in [2.24, 2.45) is 0 Å². The van der Waals surface area contributed by atoms with Gasteiger partial charge in [-0.3, -0.25) is 0 Å². The minimum atomic E-state index is 0.376. The summed E-state index contributed by atoms with van der Waals surface area (Å²) in [5.41, 5.74) is 1.83. The largest absolute Gasteiger partial charge is 0.490 e. The summed E-state index contributed by atoms with van der Waals surface area (Å²) in [6.45, 7) is 7.42. The molecular weight excluding hydrogens is 413 g/mol. The normalized spacial score (nSPS) is 10.6. The number of hydrogen-bond acceptors (Lipinski definition) is 6. The molecule has 0 spiro atoms. The second kappa shape index (κ2) is 10.1. The van der Waals surface area contributed by atoms with E-state index in [9.17, 15) is 0 Å². The van der Waals surface area contributed by atoms with Gasteiger partial charge in [-0.25, -0.2) is 4.68 Å². The molecule has 7 nitrogen and oxygen atoms in total. The van der Waals surface area contributed by atoms with E-state index in [1.165, 1.54) is 0 Å². The van der Waals surface area contributed by atoms with E-state index in [4.69, 9.17) is 32.7 Å². The first-order valence-electron chi connectivity index (χ1n) is 9.04. The van der Waals surface area contributed by atoms with Gasteiger partial charge in [0.2, 0.25) is 5.95 Å². The Morgan fingerprint density at radius 2 is 1.90 bits per heavy atom. The molecule has 9 heteroatoms. The first-order valence-corrected chi connectivity index (χ1v) is 9.79. The molecular formula is C20H21Cl2N5O2. The number of hydrogen-bond donors (Lipinski definition) is 1. The number of ether oxygens (including phenoxy) is 2. The van der Waals surface area contributed by atoms with Crippen LogP contribution in [0, 0.1) is 0 Å². The maximum absolute atomic E-state index is 6.48. The van der Waals surface area contributed by atoms with Crippen LogP contribution in [0.5, 0.6) is 11.5 Å². The molecule has 0 saturated carbocycles. The van der Waals surface area contributed by atoms with Gasteiger partial charge in [0.15, 0.2) is 11.5 Å². The van der Waals surface area contributed by atoms with Crippen molar-refractivity contribution in [1.29, 1.82) is 0 Å². The Hall–Kier alpha value is -2.77. The molecule has 1 N–H and O–H groups in total. The Kier molecular flexibility index (Phi) is 7.32. The maximum atomic E-state index is 6.48. The molecule has 152 valence electrons. The third kappa shape index (κ3) is 5.62. The smallest absolute Gasteiger partial charge is 0.243 e. The number of rotatable bonds is 10. The minimum Gasteiger partial charge on any atom is -0.490 e. The second-order valence-corrected chi connectivity index (χ2v) is 6.91. The molecule has 1 heterocycles. The standard InChI is InChI=1S/C20H21Cl2N5O2/c1-3-9-27-20(24-25-26-27)23-12-15-10-18(28-4-2)19(11-17(15)22)29-13-14-5-7-16(21)8-6-14/h3,5-8,10-11H,1,4,9,12-13H2,2H3,(H,23,24,26). The molecule has 0 aliphatic rings. The van der Waals surface area contributed by atoms with Gasteiger partial charge >= 0.3 is 0 Å². The van der Waals surface area contributed by atoms with Crippen molar-refractivity contribution >= 4 is 29.2 Å². The van der Waals surface area contributed by atoms with Crippen LogP contribution in [-0.4, -0.2) is 26.8 Å². The van der Waals surface area contributed by atoms with Gasteiger partial charge in [-0.1, -0.05) is 46.5 Å². The average molecular weight is 434 g/mol. The Balaban J connectivity index is 1.73. The molecule has 0 aliphatic heterocycles. The van der Waals surface area contributed by atoms with Crippen LogP contribution in [0.25, 0.3) is 0 Å². The first-order chi connectivity index (χ1) is 14.1. The van der Waals surface area contributed by atoms with E-state index in [0.29, 0.717) is 53.8 Å². The summed E-state index contributed by atoms with van der Waals surface area (Å²) in [6, 6.07) is 11.1. The van der Waals surface area contributed by atoms with Crippen molar-refractivity contribution in [2.75, 3.05) is 11.9 Å². The lowest BCUT2D eigenvalue weighted by Gasteiger charge is -2.15. The Bertz CT molecular complexity index is 960. The summed E-state index contributed by atoms with van der Waals surface area (Å²) >= 11 is 12.4. The number of anilines is 1. The van der Waals surface area contributed by atoms with E-state index in [1.807, 2.05) is 37.3 Å². The number of halogens is 2. The molecule has 0 fully saturated rings. The highest BCUT2D eigenvalue weighted by atomic mass is 35.5. The second-order valence-electron chi connectivity index (χ2n) is 6.07. The molecule has 0 bridgehead atoms. The van der Waals surface area contributed by atoms with Crippen LogP contribution in [0.3, 0.4) is 0 Å². The van der Waals surface area contributed by atoms with E-state index < -0.39 is 0 Å². The lowest BCUT2D eigenvalue weighted by atomic mass is 10.2. The van der Waals surface area contributed by atoms with Gasteiger partial charge in [-0.2, -0.15) is 0 Å². The molecule has 3 rings (SSSR count). The average Bonchev–Trinajstić information content (AvgIpc) is 3.15. The fourth-order valence-electron chi connectivity index (χ4n) is 2.59. The van der Waals surface area contributed by atoms with Crippen LogP contribution in [-0.2, 0) is 19.7 Å². The molecule has 0 unspecified atom stereocenters. The number of aromatic nitrogens is 4. The Morgan fingerprint density at radius 1 is 1.14 bits per heavy atom. The summed E-state index contributed by atoms with van der Waals surface area (Å²) in [5.74, 6) is 1.72. The summed E-state index contributed by atoms with van der Waals surface area (Å²) in [5, 5.41) is 15.9. The summed E-state index contributed by atoms with van der Waals surface area (Å²) in [4.78, 5) is 0. The molecule has 0 aliphatic carbocycles. The molecule has 0 atom stereocenters. The number of nitrogens with one attached hydrogen (secondary N) is 1. The van der Waals surface area contributed by atoms with Crippen LogP contribution in [0.15, 0.2) is 49.1 Å². The Labute approximate surface area is 179 Å². The van der Waals surface area contributed by atoms with E-state index in [2.05, 4.69) is 27.4 Å². The first kappa shape index (κ1) is 21.0. The third-order valence-corrected chi connectivity index (χ3v) is 4.59. The molecule has 2 aromatic carbocycles. The zero-order valence-electron chi connectivity index (χ0n) is 15.9. The highest BCUT2D eigenvalue weighted by Gasteiger charge is 2.13. The molecule has 3 aromatic rings. The van der Waals surface area contributed by atoms with Crippen molar-refractivity contribution < 1.29 is 9.47 Å². The van der Waals surface area contributed by atoms with Crippen LogP contribution in [0.1, 0.15) is 18.1 Å². The van der Waals surface area contributed by atoms with Gasteiger partial charge < -0.3 is 14.8 Å². The third-order valence-electron chi connectivity index (χ3n) is 3.99. The number of nitrogens with zero attached hydrogens (tertiary/aromatic N) is 4. The van der Waals surface area contributed by atoms with Crippen LogP contribution < -0.4 is 14.8 Å². The van der Waals surface area contributed by atoms with Crippen molar-refractivity contribution in [3.63, 3.8) is 0 Å². The number of tetrazole rings is 1. The highest BCUT2D eigenvalue weighted by molar-refractivity contribution is 6.31. The van der Waals surface area contributed by atoms with E-state index >= 15 is 0 Å². The quantitative estimate of drug-likeness (QED) is 0.464. The highest BCUT2D eigenvalue weighted by Crippen LogP contribution is 2.34. The lowest BCUT2D eigenvalue weighted by molar-refractivity contribution is 0.269. The van der Waals surface area contributed by atoms with Crippen molar-refractivity contribution in [3.8, 4) is 11.5 Å². The van der Waals surface area contributed by atoms with E-state index in [-0.39, 0.29) is 0 Å². The molecule has 0 saturated heterocycles. The predicted octanol–water partition coefficient (Wildman–Crippen LogP) is 4.76. The number of benzene rings is 2. The van der Waals surface area contributed by atoms with Crippen molar-refractivity contribution in [1.82, 2.24) is 20.2 Å². The van der Waals surface area contributed by atoms with Gasteiger partial charge in [0, 0.05) is 22.7 Å². The SMILES string of the molecule is C=CCn1nnnc1NCc1cc(OCC)c(OCc2ccc(Cl)cc2)cc1Cl. The van der Waals surface area contributed by atoms with Crippen LogP contribution in [0.4, 0.5) is 5.95 Å². The molecule has 0 radical (unpaired) electrons. The summed E-state index contributed by atoms with van der Waals surface area (Å²) in [6.07, 6.45) is 1.72. The minimum absolute atomic E-state index is 0.376. The van der Waals surface area contributed by atoms with Crippen LogP contribution in [0.2, 0.25) is 10.0 Å². The zero-order valence-corrected chi connectivity index (χ0v) is 17.5. The molecule has 0 amide bonds. The predicted molar refractivity (Wildman–Crippen MR) is 114 cm³/mol. The van der Waals surface area contributed by atoms with Gasteiger partial charge in [0.05, 0.1) is 13.2 Å². The van der Waals surface area contributed by atoms with E-state index in [1.54, 1.807) is 16.8 Å². The number of allylic oxidation sites excluding steroid dienone is 1. The van der Waals surface area contributed by atoms with Gasteiger partial charge in [0.25, 0.3) is 0 Å². The summed E-state index contributed by atoms with van der Waals surface area (Å²) in [7, 11) is 0. The fourth-order valence-corrected chi connectivity index (χ4v) is 2.93.